The highest BCUT2D eigenvalue weighted by atomic mass is 79.9. The molecule has 0 unspecified atom stereocenters. The quantitative estimate of drug-likeness (QED) is 0.337. The standard InChI is InChI=1S/C30H51Br/c1-20(19-31)21-11-16-27(4)22(21)12-17-29(6)24(27)9-10-25-28(5)15-8-14-26(2,3)23(28)13-18-30(25,29)7/h20-25H,8-19H2,1-7H3/t20-,21-,22+,23+,24-,25-,27+,28+,29-,30-/m1/s1. The Bertz CT molecular complexity index is 711. The Balaban J connectivity index is 1.50. The van der Waals surface area contributed by atoms with Crippen molar-refractivity contribution in [3.8, 4) is 0 Å². The van der Waals surface area contributed by atoms with Gasteiger partial charge in [0.1, 0.15) is 0 Å². The number of halogens is 1. The topological polar surface area (TPSA) is 0 Å². The first-order valence-corrected chi connectivity index (χ1v) is 15.1. The molecule has 0 bridgehead atoms. The van der Waals surface area contributed by atoms with Crippen LogP contribution in [0.25, 0.3) is 0 Å². The van der Waals surface area contributed by atoms with E-state index in [1.54, 1.807) is 0 Å². The van der Waals surface area contributed by atoms with Crippen molar-refractivity contribution < 1.29 is 0 Å². The van der Waals surface area contributed by atoms with Gasteiger partial charge in [-0.2, -0.15) is 0 Å². The molecule has 5 saturated carbocycles. The van der Waals surface area contributed by atoms with Crippen LogP contribution in [0.15, 0.2) is 0 Å². The molecule has 0 saturated heterocycles. The molecular weight excluding hydrogens is 440 g/mol. The highest BCUT2D eigenvalue weighted by Gasteiger charge is 2.70. The molecule has 0 amide bonds. The smallest absolute Gasteiger partial charge is 0.00597 e. The minimum absolute atomic E-state index is 0.556. The molecule has 0 aliphatic heterocycles. The van der Waals surface area contributed by atoms with E-state index >= 15 is 0 Å². The molecule has 0 N–H and O–H groups in total. The van der Waals surface area contributed by atoms with Crippen molar-refractivity contribution in [3.63, 3.8) is 0 Å². The largest absolute Gasteiger partial charge is 0.0925 e. The monoisotopic (exact) mass is 490 g/mol. The number of fused-ring (bicyclic) bond motifs is 7. The van der Waals surface area contributed by atoms with Crippen LogP contribution >= 0.6 is 15.9 Å². The van der Waals surface area contributed by atoms with Crippen LogP contribution in [0.1, 0.15) is 119 Å². The Morgan fingerprint density at radius 2 is 1.29 bits per heavy atom. The molecule has 5 fully saturated rings. The van der Waals surface area contributed by atoms with E-state index in [0.29, 0.717) is 27.1 Å². The van der Waals surface area contributed by atoms with Gasteiger partial charge in [0.05, 0.1) is 0 Å². The van der Waals surface area contributed by atoms with Crippen LogP contribution in [0.2, 0.25) is 0 Å². The maximum atomic E-state index is 3.84. The molecule has 0 spiro atoms. The van der Waals surface area contributed by atoms with Gasteiger partial charge in [0.15, 0.2) is 0 Å². The summed E-state index contributed by atoms with van der Waals surface area (Å²) in [7, 11) is 0. The van der Waals surface area contributed by atoms with Crippen LogP contribution in [0.4, 0.5) is 0 Å². The Labute approximate surface area is 202 Å². The number of rotatable bonds is 2. The molecule has 0 heterocycles. The minimum atomic E-state index is 0.556. The van der Waals surface area contributed by atoms with Gasteiger partial charge in [-0.3, -0.25) is 0 Å². The predicted molar refractivity (Wildman–Crippen MR) is 137 cm³/mol. The van der Waals surface area contributed by atoms with Crippen molar-refractivity contribution in [2.24, 2.45) is 62.6 Å². The molecule has 0 aromatic rings. The van der Waals surface area contributed by atoms with E-state index in [-0.39, 0.29) is 0 Å². The molecular formula is C30H51Br. The zero-order chi connectivity index (χ0) is 22.4. The lowest BCUT2D eigenvalue weighted by molar-refractivity contribution is -0.241. The second kappa shape index (κ2) is 7.24. The molecule has 31 heavy (non-hydrogen) atoms. The molecule has 0 aromatic carbocycles. The van der Waals surface area contributed by atoms with Crippen LogP contribution in [0.3, 0.4) is 0 Å². The summed E-state index contributed by atoms with van der Waals surface area (Å²) in [5, 5.41) is 1.20. The fraction of sp³-hybridized carbons (Fsp3) is 1.00. The van der Waals surface area contributed by atoms with Gasteiger partial charge in [-0.05, 0) is 127 Å². The van der Waals surface area contributed by atoms with Crippen molar-refractivity contribution in [1.29, 1.82) is 0 Å². The average Bonchev–Trinajstić information content (AvgIpc) is 3.04. The fourth-order valence-corrected chi connectivity index (χ4v) is 12.6. The summed E-state index contributed by atoms with van der Waals surface area (Å²) in [6, 6.07) is 0. The van der Waals surface area contributed by atoms with Gasteiger partial charge in [0.2, 0.25) is 0 Å². The van der Waals surface area contributed by atoms with E-state index in [9.17, 15) is 0 Å². The van der Waals surface area contributed by atoms with Crippen molar-refractivity contribution in [1.82, 2.24) is 0 Å². The van der Waals surface area contributed by atoms with Gasteiger partial charge in [-0.25, -0.2) is 0 Å². The third-order valence-corrected chi connectivity index (χ3v) is 14.8. The fourth-order valence-electron chi connectivity index (χ4n) is 12.1. The summed E-state index contributed by atoms with van der Waals surface area (Å²) in [4.78, 5) is 0. The SMILES string of the molecule is C[C@H](CBr)[C@H]1CC[C@]2(C)[C@H]3CC[C@@H]4[C@@]5(C)CCCC(C)(C)[C@@H]5CC[C@@]4(C)[C@]3(C)CC[C@@H]12. The molecule has 0 aromatic heterocycles. The van der Waals surface area contributed by atoms with Crippen LogP contribution in [-0.4, -0.2) is 5.33 Å². The lowest BCUT2D eigenvalue weighted by atomic mass is 9.32. The van der Waals surface area contributed by atoms with Crippen LogP contribution < -0.4 is 0 Å². The summed E-state index contributed by atoms with van der Waals surface area (Å²) < 4.78 is 0. The van der Waals surface area contributed by atoms with Gasteiger partial charge in [-0.1, -0.05) is 70.8 Å². The summed E-state index contributed by atoms with van der Waals surface area (Å²) in [5.41, 5.74) is 2.86. The highest BCUT2D eigenvalue weighted by molar-refractivity contribution is 9.09. The zero-order valence-electron chi connectivity index (χ0n) is 21.8. The van der Waals surface area contributed by atoms with E-state index in [1.807, 2.05) is 0 Å². The molecule has 5 aliphatic rings. The maximum Gasteiger partial charge on any atom is 0.00597 e. The van der Waals surface area contributed by atoms with Gasteiger partial charge < -0.3 is 0 Å². The highest BCUT2D eigenvalue weighted by Crippen LogP contribution is 2.78. The maximum absolute atomic E-state index is 3.84. The third kappa shape index (κ3) is 2.89. The van der Waals surface area contributed by atoms with Gasteiger partial charge in [0, 0.05) is 5.33 Å². The van der Waals surface area contributed by atoms with E-state index in [2.05, 4.69) is 64.4 Å². The van der Waals surface area contributed by atoms with Crippen molar-refractivity contribution in [3.05, 3.63) is 0 Å². The van der Waals surface area contributed by atoms with Gasteiger partial charge in [-0.15, -0.1) is 0 Å². The number of alkyl halides is 1. The average molecular weight is 492 g/mol. The van der Waals surface area contributed by atoms with Crippen LogP contribution in [0.5, 0.6) is 0 Å². The first kappa shape index (κ1) is 23.2. The Morgan fingerprint density at radius 1 is 0.677 bits per heavy atom. The Kier molecular flexibility index (Phi) is 5.43. The first-order chi connectivity index (χ1) is 14.4. The van der Waals surface area contributed by atoms with E-state index in [4.69, 9.17) is 0 Å². The molecule has 1 heteroatoms. The Morgan fingerprint density at radius 3 is 1.94 bits per heavy atom. The van der Waals surface area contributed by atoms with Crippen molar-refractivity contribution >= 4 is 15.9 Å². The van der Waals surface area contributed by atoms with Crippen molar-refractivity contribution in [2.75, 3.05) is 5.33 Å². The molecule has 5 rings (SSSR count). The molecule has 178 valence electrons. The van der Waals surface area contributed by atoms with Crippen LogP contribution in [-0.2, 0) is 0 Å². The minimum Gasteiger partial charge on any atom is -0.0925 e. The summed E-state index contributed by atoms with van der Waals surface area (Å²) >= 11 is 3.84. The number of hydrogen-bond donors (Lipinski definition) is 0. The van der Waals surface area contributed by atoms with Gasteiger partial charge in [0.25, 0.3) is 0 Å². The van der Waals surface area contributed by atoms with E-state index in [0.717, 1.165) is 35.5 Å². The van der Waals surface area contributed by atoms with Crippen molar-refractivity contribution in [2.45, 2.75) is 119 Å². The lowest BCUT2D eigenvalue weighted by Crippen LogP contribution is -2.65. The zero-order valence-corrected chi connectivity index (χ0v) is 23.4. The molecule has 0 radical (unpaired) electrons. The summed E-state index contributed by atoms with van der Waals surface area (Å²) in [5.74, 6) is 5.67. The first-order valence-electron chi connectivity index (χ1n) is 14.0. The molecule has 5 aliphatic carbocycles. The Hall–Kier alpha value is 0.480. The van der Waals surface area contributed by atoms with Gasteiger partial charge >= 0.3 is 0 Å². The summed E-state index contributed by atoms with van der Waals surface area (Å²) in [6.07, 6.45) is 16.5. The summed E-state index contributed by atoms with van der Waals surface area (Å²) in [6.45, 7) is 18.9. The number of hydrogen-bond acceptors (Lipinski definition) is 0. The predicted octanol–water partition coefficient (Wildman–Crippen LogP) is 9.51. The third-order valence-electron chi connectivity index (χ3n) is 13.7. The molecule has 0 nitrogen and oxygen atoms in total. The normalized spacial score (nSPS) is 56.7. The lowest BCUT2D eigenvalue weighted by Gasteiger charge is -2.73. The second-order valence-corrected chi connectivity index (χ2v) is 15.6. The second-order valence-electron chi connectivity index (χ2n) is 14.9. The van der Waals surface area contributed by atoms with E-state index in [1.165, 1.54) is 76.0 Å². The molecule has 10 atom stereocenters. The van der Waals surface area contributed by atoms with Crippen LogP contribution in [0, 0.1) is 62.6 Å². The van der Waals surface area contributed by atoms with E-state index < -0.39 is 0 Å².